The van der Waals surface area contributed by atoms with Crippen LogP contribution in [0.1, 0.15) is 39.5 Å². The number of fused-ring (bicyclic) bond motifs is 1. The molecule has 8 heteroatoms. The van der Waals surface area contributed by atoms with Crippen molar-refractivity contribution < 1.29 is 8.42 Å². The Morgan fingerprint density at radius 3 is 2.55 bits per heavy atom. The van der Waals surface area contributed by atoms with E-state index in [1.807, 2.05) is 41.1 Å². The number of sulfonamides is 1. The molecule has 1 N–H and O–H groups in total. The molecule has 0 unspecified atom stereocenters. The summed E-state index contributed by atoms with van der Waals surface area (Å²) in [6.07, 6.45) is 9.67. The fourth-order valence-corrected chi connectivity index (χ4v) is 4.99. The highest BCUT2D eigenvalue weighted by atomic mass is 32.2. The molecular formula is C23H31N5O2S. The fraction of sp³-hybridized carbons (Fsp3) is 0.478. The molecule has 1 fully saturated rings. The van der Waals surface area contributed by atoms with E-state index in [0.29, 0.717) is 17.7 Å². The van der Waals surface area contributed by atoms with E-state index in [-0.39, 0.29) is 0 Å². The maximum absolute atomic E-state index is 12.0. The van der Waals surface area contributed by atoms with Crippen molar-refractivity contribution in [3.05, 3.63) is 42.7 Å². The van der Waals surface area contributed by atoms with Gasteiger partial charge in [0.05, 0.1) is 17.5 Å². The molecule has 0 radical (unpaired) electrons. The van der Waals surface area contributed by atoms with Crippen LogP contribution in [-0.4, -0.2) is 42.3 Å². The van der Waals surface area contributed by atoms with Gasteiger partial charge < -0.3 is 9.88 Å². The zero-order chi connectivity index (χ0) is 22.2. The summed E-state index contributed by atoms with van der Waals surface area (Å²) < 4.78 is 27.3. The second kappa shape index (κ2) is 8.49. The van der Waals surface area contributed by atoms with Gasteiger partial charge in [-0.3, -0.25) is 4.31 Å². The number of anilines is 2. The van der Waals surface area contributed by atoms with E-state index in [9.17, 15) is 8.42 Å². The summed E-state index contributed by atoms with van der Waals surface area (Å²) in [5.74, 6) is 2.95. The molecule has 1 aromatic carbocycles. The Labute approximate surface area is 184 Å². The van der Waals surface area contributed by atoms with Crippen molar-refractivity contribution in [1.29, 1.82) is 0 Å². The minimum Gasteiger partial charge on any atom is -0.351 e. The highest BCUT2D eigenvalue weighted by Crippen LogP contribution is 2.32. The van der Waals surface area contributed by atoms with Crippen LogP contribution in [0.2, 0.25) is 0 Å². The van der Waals surface area contributed by atoms with Crippen molar-refractivity contribution in [2.24, 2.45) is 11.8 Å². The van der Waals surface area contributed by atoms with Gasteiger partial charge in [-0.25, -0.2) is 13.4 Å². The maximum atomic E-state index is 12.0. The van der Waals surface area contributed by atoms with Gasteiger partial charge in [0, 0.05) is 30.9 Å². The van der Waals surface area contributed by atoms with Crippen LogP contribution in [-0.2, 0) is 10.0 Å². The Hall–Kier alpha value is -2.61. The standard InChI is InChI=1S/C23H31N5O2S/c1-16(2)17-8-10-18(11-9-17)25-23-24-14-12-22(26-23)28-15-13-19-20(6-5-7-21(19)28)27(3)31(4,29)30/h5-7,12-18H,8-11H2,1-4H3,(H,24,25,26). The van der Waals surface area contributed by atoms with Crippen molar-refractivity contribution in [1.82, 2.24) is 14.5 Å². The Morgan fingerprint density at radius 2 is 1.87 bits per heavy atom. The summed E-state index contributed by atoms with van der Waals surface area (Å²) in [7, 11) is -1.78. The third-order valence-electron chi connectivity index (χ3n) is 6.48. The van der Waals surface area contributed by atoms with Crippen molar-refractivity contribution in [3.63, 3.8) is 0 Å². The predicted molar refractivity (Wildman–Crippen MR) is 126 cm³/mol. The smallest absolute Gasteiger partial charge is 0.232 e. The molecule has 1 saturated carbocycles. The van der Waals surface area contributed by atoms with Crippen LogP contribution in [0.4, 0.5) is 11.6 Å². The molecule has 166 valence electrons. The first-order valence-electron chi connectivity index (χ1n) is 10.9. The van der Waals surface area contributed by atoms with Crippen molar-refractivity contribution >= 4 is 32.6 Å². The fourth-order valence-electron chi connectivity index (χ4n) is 4.47. The van der Waals surface area contributed by atoms with Crippen LogP contribution >= 0.6 is 0 Å². The van der Waals surface area contributed by atoms with Crippen molar-refractivity contribution in [2.75, 3.05) is 22.9 Å². The zero-order valence-corrected chi connectivity index (χ0v) is 19.4. The molecule has 0 aliphatic heterocycles. The third kappa shape index (κ3) is 4.54. The van der Waals surface area contributed by atoms with E-state index in [1.165, 1.54) is 23.4 Å². The number of benzene rings is 1. The molecule has 2 heterocycles. The second-order valence-corrected chi connectivity index (χ2v) is 10.9. The van der Waals surface area contributed by atoms with Gasteiger partial charge in [0.25, 0.3) is 0 Å². The monoisotopic (exact) mass is 441 g/mol. The topological polar surface area (TPSA) is 80.1 Å². The molecule has 1 aliphatic rings. The van der Waals surface area contributed by atoms with E-state index in [2.05, 4.69) is 24.1 Å². The van der Waals surface area contributed by atoms with Crippen LogP contribution in [0, 0.1) is 11.8 Å². The van der Waals surface area contributed by atoms with Gasteiger partial charge >= 0.3 is 0 Å². The Bertz CT molecular complexity index is 1160. The van der Waals surface area contributed by atoms with Crippen LogP contribution in [0.3, 0.4) is 0 Å². The Morgan fingerprint density at radius 1 is 1.13 bits per heavy atom. The Balaban J connectivity index is 1.59. The van der Waals surface area contributed by atoms with Crippen LogP contribution in [0.5, 0.6) is 0 Å². The average molecular weight is 442 g/mol. The molecule has 3 aromatic rings. The minimum atomic E-state index is -3.35. The number of nitrogens with zero attached hydrogens (tertiary/aromatic N) is 4. The van der Waals surface area contributed by atoms with E-state index < -0.39 is 10.0 Å². The lowest BCUT2D eigenvalue weighted by Crippen LogP contribution is -2.28. The largest absolute Gasteiger partial charge is 0.351 e. The molecule has 0 atom stereocenters. The van der Waals surface area contributed by atoms with E-state index in [0.717, 1.165) is 41.4 Å². The van der Waals surface area contributed by atoms with Gasteiger partial charge in [0.1, 0.15) is 5.82 Å². The van der Waals surface area contributed by atoms with Gasteiger partial charge in [-0.2, -0.15) is 4.98 Å². The first-order chi connectivity index (χ1) is 14.7. The molecule has 4 rings (SSSR count). The molecular weight excluding hydrogens is 410 g/mol. The van der Waals surface area contributed by atoms with Crippen molar-refractivity contribution in [3.8, 4) is 5.82 Å². The molecule has 1 aliphatic carbocycles. The summed E-state index contributed by atoms with van der Waals surface area (Å²) in [6, 6.07) is 9.85. The maximum Gasteiger partial charge on any atom is 0.232 e. The molecule has 7 nitrogen and oxygen atoms in total. The van der Waals surface area contributed by atoms with E-state index in [4.69, 9.17) is 4.98 Å². The summed E-state index contributed by atoms with van der Waals surface area (Å²) in [5.41, 5.74) is 1.54. The van der Waals surface area contributed by atoms with Gasteiger partial charge in [0.15, 0.2) is 0 Å². The first-order valence-corrected chi connectivity index (χ1v) is 12.7. The highest BCUT2D eigenvalue weighted by Gasteiger charge is 2.23. The van der Waals surface area contributed by atoms with E-state index >= 15 is 0 Å². The Kier molecular flexibility index (Phi) is 5.92. The van der Waals surface area contributed by atoms with E-state index in [1.54, 1.807) is 13.2 Å². The first kappa shape index (κ1) is 21.6. The molecule has 0 saturated heterocycles. The summed E-state index contributed by atoms with van der Waals surface area (Å²) in [4.78, 5) is 9.18. The lowest BCUT2D eigenvalue weighted by molar-refractivity contribution is 0.266. The molecule has 2 aromatic heterocycles. The van der Waals surface area contributed by atoms with Crippen LogP contribution < -0.4 is 9.62 Å². The quantitative estimate of drug-likeness (QED) is 0.612. The number of hydrogen-bond acceptors (Lipinski definition) is 5. The lowest BCUT2D eigenvalue weighted by atomic mass is 9.80. The number of rotatable bonds is 6. The summed E-state index contributed by atoms with van der Waals surface area (Å²) in [5, 5.41) is 4.37. The number of hydrogen-bond donors (Lipinski definition) is 1. The van der Waals surface area contributed by atoms with Gasteiger partial charge in [-0.05, 0) is 61.8 Å². The normalized spacial score (nSPS) is 19.6. The second-order valence-electron chi connectivity index (χ2n) is 8.86. The molecule has 0 bridgehead atoms. The van der Waals surface area contributed by atoms with Crippen LogP contribution in [0.25, 0.3) is 16.7 Å². The van der Waals surface area contributed by atoms with Crippen LogP contribution in [0.15, 0.2) is 42.7 Å². The van der Waals surface area contributed by atoms with Gasteiger partial charge in [0.2, 0.25) is 16.0 Å². The summed E-state index contributed by atoms with van der Waals surface area (Å²) >= 11 is 0. The molecule has 31 heavy (non-hydrogen) atoms. The predicted octanol–water partition coefficient (Wildman–Crippen LogP) is 4.44. The van der Waals surface area contributed by atoms with Gasteiger partial charge in [-0.1, -0.05) is 19.9 Å². The zero-order valence-electron chi connectivity index (χ0n) is 18.6. The van der Waals surface area contributed by atoms with Crippen molar-refractivity contribution in [2.45, 2.75) is 45.6 Å². The molecule has 0 amide bonds. The third-order valence-corrected chi connectivity index (χ3v) is 7.67. The summed E-state index contributed by atoms with van der Waals surface area (Å²) in [6.45, 7) is 4.62. The minimum absolute atomic E-state index is 0.404. The number of aromatic nitrogens is 3. The number of nitrogens with one attached hydrogen (secondary N) is 1. The average Bonchev–Trinajstić information content (AvgIpc) is 3.17. The highest BCUT2D eigenvalue weighted by molar-refractivity contribution is 7.92. The molecule has 0 spiro atoms. The van der Waals surface area contributed by atoms with Gasteiger partial charge in [-0.15, -0.1) is 0 Å². The lowest BCUT2D eigenvalue weighted by Gasteiger charge is -2.31. The SMILES string of the molecule is CC(C)C1CCC(Nc2nccc(-n3ccc4c(N(C)S(C)(=O)=O)cccc43)n2)CC1.